The molecule has 1 aliphatic heterocycles. The minimum atomic E-state index is 0.0885. The highest BCUT2D eigenvalue weighted by atomic mass is 16.2. The van der Waals surface area contributed by atoms with Gasteiger partial charge in [0.1, 0.15) is 0 Å². The number of nitrogens with one attached hydrogen (secondary N) is 1. The van der Waals surface area contributed by atoms with E-state index >= 15 is 0 Å². The Morgan fingerprint density at radius 1 is 1.46 bits per heavy atom. The molecule has 1 heterocycles. The molecule has 1 aromatic carbocycles. The number of amides is 1. The van der Waals surface area contributed by atoms with Gasteiger partial charge in [-0.05, 0) is 18.2 Å². The fourth-order valence-corrected chi connectivity index (χ4v) is 1.37. The number of hydrogen-bond acceptors (Lipinski definition) is 3. The lowest BCUT2D eigenvalue weighted by atomic mass is 10.3. The van der Waals surface area contributed by atoms with E-state index in [0.717, 1.165) is 5.69 Å². The molecule has 0 aliphatic carbocycles. The van der Waals surface area contributed by atoms with Crippen LogP contribution in [0, 0.1) is 0 Å². The van der Waals surface area contributed by atoms with Gasteiger partial charge in [0.15, 0.2) is 0 Å². The Morgan fingerprint density at radius 2 is 2.31 bits per heavy atom. The number of nitrogen functional groups attached to an aromatic ring is 1. The van der Waals surface area contributed by atoms with Crippen molar-refractivity contribution in [1.29, 1.82) is 0 Å². The van der Waals surface area contributed by atoms with Crippen LogP contribution in [0.15, 0.2) is 24.3 Å². The molecule has 68 valence electrons. The predicted molar refractivity (Wildman–Crippen MR) is 51.0 cm³/mol. The second-order valence-corrected chi connectivity index (χ2v) is 2.98. The maximum Gasteiger partial charge on any atom is 0.242 e. The summed E-state index contributed by atoms with van der Waals surface area (Å²) in [7, 11) is 0. The van der Waals surface area contributed by atoms with Crippen molar-refractivity contribution < 1.29 is 4.79 Å². The molecule has 4 heteroatoms. The third-order valence-corrected chi connectivity index (χ3v) is 1.99. The average Bonchev–Trinajstić information content (AvgIpc) is 2.51. The van der Waals surface area contributed by atoms with Crippen LogP contribution in [0.2, 0.25) is 0 Å². The highest BCUT2D eigenvalue weighted by molar-refractivity contribution is 5.94. The molecule has 0 bridgehead atoms. The summed E-state index contributed by atoms with van der Waals surface area (Å²) in [5.41, 5.74) is 10.1. The topological polar surface area (TPSA) is 58.4 Å². The van der Waals surface area contributed by atoms with Crippen molar-refractivity contribution in [3.63, 3.8) is 0 Å². The zero-order valence-electron chi connectivity index (χ0n) is 7.16. The van der Waals surface area contributed by atoms with Gasteiger partial charge in [0, 0.05) is 18.7 Å². The molecule has 1 aromatic rings. The van der Waals surface area contributed by atoms with E-state index in [9.17, 15) is 4.79 Å². The quantitative estimate of drug-likeness (QED) is 0.614. The summed E-state index contributed by atoms with van der Waals surface area (Å²) in [4.78, 5) is 11.3. The van der Waals surface area contributed by atoms with Crippen LogP contribution in [0.5, 0.6) is 0 Å². The van der Waals surface area contributed by atoms with E-state index < -0.39 is 0 Å². The molecule has 4 nitrogen and oxygen atoms in total. The first kappa shape index (κ1) is 8.07. The second kappa shape index (κ2) is 3.06. The van der Waals surface area contributed by atoms with E-state index in [2.05, 4.69) is 5.43 Å². The first-order chi connectivity index (χ1) is 6.27. The fraction of sp³-hybridized carbons (Fsp3) is 0.222. The third kappa shape index (κ3) is 1.48. The van der Waals surface area contributed by atoms with E-state index in [4.69, 9.17) is 5.73 Å². The third-order valence-electron chi connectivity index (χ3n) is 1.99. The molecule has 3 N–H and O–H groups in total. The van der Waals surface area contributed by atoms with Crippen molar-refractivity contribution in [2.75, 3.05) is 17.3 Å². The van der Waals surface area contributed by atoms with Crippen LogP contribution in [0.25, 0.3) is 0 Å². The van der Waals surface area contributed by atoms with Gasteiger partial charge in [-0.25, -0.2) is 10.4 Å². The van der Waals surface area contributed by atoms with Crippen LogP contribution in [0.4, 0.5) is 11.4 Å². The van der Waals surface area contributed by atoms with Gasteiger partial charge in [0.05, 0.1) is 5.69 Å². The zero-order chi connectivity index (χ0) is 9.26. The Balaban J connectivity index is 2.29. The first-order valence-corrected chi connectivity index (χ1v) is 4.19. The number of rotatable bonds is 1. The maximum absolute atomic E-state index is 11.3. The number of carbonyl (C=O) groups excluding carboxylic acids is 1. The van der Waals surface area contributed by atoms with E-state index in [1.165, 1.54) is 5.01 Å². The molecule has 13 heavy (non-hydrogen) atoms. The lowest BCUT2D eigenvalue weighted by Gasteiger charge is -2.15. The molecule has 1 aliphatic rings. The first-order valence-electron chi connectivity index (χ1n) is 4.19. The lowest BCUT2D eigenvalue weighted by molar-refractivity contribution is -0.117. The number of nitrogens with zero attached hydrogens (tertiary/aromatic N) is 1. The van der Waals surface area contributed by atoms with E-state index in [1.54, 1.807) is 12.1 Å². The second-order valence-electron chi connectivity index (χ2n) is 2.98. The minimum Gasteiger partial charge on any atom is -0.399 e. The van der Waals surface area contributed by atoms with Gasteiger partial charge < -0.3 is 5.73 Å². The normalized spacial score (nSPS) is 16.6. The van der Waals surface area contributed by atoms with Gasteiger partial charge in [-0.1, -0.05) is 6.07 Å². The van der Waals surface area contributed by atoms with E-state index in [-0.39, 0.29) is 5.91 Å². The van der Waals surface area contributed by atoms with Crippen molar-refractivity contribution in [2.24, 2.45) is 0 Å². The van der Waals surface area contributed by atoms with Crippen molar-refractivity contribution in [3.05, 3.63) is 24.3 Å². The molecule has 1 fully saturated rings. The van der Waals surface area contributed by atoms with Crippen LogP contribution in [0.1, 0.15) is 6.42 Å². The standard InChI is InChI=1S/C9H11N3O/c10-7-2-1-3-8(6-7)12-9(13)4-5-11-12/h1-3,6,11H,4-5,10H2. The summed E-state index contributed by atoms with van der Waals surface area (Å²) >= 11 is 0. The minimum absolute atomic E-state index is 0.0885. The summed E-state index contributed by atoms with van der Waals surface area (Å²) in [6.07, 6.45) is 0.550. The number of benzene rings is 1. The molecule has 2 rings (SSSR count). The van der Waals surface area contributed by atoms with Gasteiger partial charge in [0.25, 0.3) is 0 Å². The molecule has 0 radical (unpaired) electrons. The summed E-state index contributed by atoms with van der Waals surface area (Å²) in [6, 6.07) is 7.25. The summed E-state index contributed by atoms with van der Waals surface area (Å²) in [6.45, 7) is 0.702. The summed E-state index contributed by atoms with van der Waals surface area (Å²) in [5, 5.41) is 1.54. The molecular weight excluding hydrogens is 166 g/mol. The van der Waals surface area contributed by atoms with Crippen LogP contribution in [0.3, 0.4) is 0 Å². The highest BCUT2D eigenvalue weighted by Crippen LogP contribution is 2.18. The molecule has 1 saturated heterocycles. The Morgan fingerprint density at radius 3 is 2.92 bits per heavy atom. The van der Waals surface area contributed by atoms with Crippen LogP contribution in [-0.2, 0) is 4.79 Å². The zero-order valence-corrected chi connectivity index (χ0v) is 7.16. The maximum atomic E-state index is 11.3. The van der Waals surface area contributed by atoms with Crippen LogP contribution < -0.4 is 16.2 Å². The van der Waals surface area contributed by atoms with Crippen LogP contribution >= 0.6 is 0 Å². The average molecular weight is 177 g/mol. The number of hydrogen-bond donors (Lipinski definition) is 2. The number of carbonyl (C=O) groups is 1. The molecule has 0 spiro atoms. The highest BCUT2D eigenvalue weighted by Gasteiger charge is 2.20. The van der Waals surface area contributed by atoms with E-state index in [0.29, 0.717) is 18.7 Å². The lowest BCUT2D eigenvalue weighted by Crippen LogP contribution is -2.33. The van der Waals surface area contributed by atoms with Crippen LogP contribution in [-0.4, -0.2) is 12.5 Å². The predicted octanol–water partition coefficient (Wildman–Crippen LogP) is 0.510. The van der Waals surface area contributed by atoms with Crippen molar-refractivity contribution in [1.82, 2.24) is 5.43 Å². The van der Waals surface area contributed by atoms with Crippen molar-refractivity contribution >= 4 is 17.3 Å². The molecule has 1 amide bonds. The summed E-state index contributed by atoms with van der Waals surface area (Å²) < 4.78 is 0. The number of nitrogens with two attached hydrogens (primary N) is 1. The SMILES string of the molecule is Nc1cccc(N2NCCC2=O)c1. The van der Waals surface area contributed by atoms with Gasteiger partial charge in [-0.15, -0.1) is 0 Å². The van der Waals surface area contributed by atoms with Gasteiger partial charge in [-0.2, -0.15) is 0 Å². The Hall–Kier alpha value is -1.55. The number of hydrazine groups is 1. The fourth-order valence-electron chi connectivity index (χ4n) is 1.37. The van der Waals surface area contributed by atoms with Crippen molar-refractivity contribution in [2.45, 2.75) is 6.42 Å². The molecule has 0 aromatic heterocycles. The van der Waals surface area contributed by atoms with Gasteiger partial charge >= 0.3 is 0 Å². The Kier molecular flexibility index (Phi) is 1.90. The van der Waals surface area contributed by atoms with E-state index in [1.807, 2.05) is 12.1 Å². The molecule has 0 saturated carbocycles. The molecule has 0 atom stereocenters. The molecular formula is C9H11N3O. The number of anilines is 2. The Labute approximate surface area is 76.3 Å². The van der Waals surface area contributed by atoms with Crippen molar-refractivity contribution in [3.8, 4) is 0 Å². The Bertz CT molecular complexity index is 337. The largest absolute Gasteiger partial charge is 0.399 e. The van der Waals surface area contributed by atoms with Gasteiger partial charge in [0.2, 0.25) is 5.91 Å². The molecule has 0 unspecified atom stereocenters. The smallest absolute Gasteiger partial charge is 0.242 e. The van der Waals surface area contributed by atoms with Gasteiger partial charge in [-0.3, -0.25) is 4.79 Å². The monoisotopic (exact) mass is 177 g/mol. The summed E-state index contributed by atoms with van der Waals surface area (Å²) in [5.74, 6) is 0.0885.